The molecule has 0 saturated heterocycles. The number of aromatic nitrogens is 2. The molecule has 1 saturated carbocycles. The average Bonchev–Trinajstić information content (AvgIpc) is 3.14. The largest absolute Gasteiger partial charge is 0.301 e. The van der Waals surface area contributed by atoms with E-state index in [0.29, 0.717) is 28.9 Å². The first kappa shape index (κ1) is 21.9. The molecule has 0 atom stereocenters. The van der Waals surface area contributed by atoms with Gasteiger partial charge in [0.15, 0.2) is 0 Å². The van der Waals surface area contributed by atoms with Crippen LogP contribution in [0, 0.1) is 12.8 Å². The molecular formula is C20H28N4O3S2. The first-order chi connectivity index (χ1) is 13.9. The summed E-state index contributed by atoms with van der Waals surface area (Å²) in [7, 11) is -3.54. The Kier molecular flexibility index (Phi) is 7.74. The van der Waals surface area contributed by atoms with Gasteiger partial charge >= 0.3 is 0 Å². The molecule has 1 aromatic heterocycles. The molecule has 158 valence electrons. The molecule has 0 unspecified atom stereocenters. The Morgan fingerprint density at radius 1 is 1.14 bits per heavy atom. The summed E-state index contributed by atoms with van der Waals surface area (Å²) >= 11 is 1.28. The third-order valence-electron chi connectivity index (χ3n) is 5.18. The van der Waals surface area contributed by atoms with Crippen LogP contribution in [0.3, 0.4) is 0 Å². The Labute approximate surface area is 176 Å². The first-order valence-corrected chi connectivity index (χ1v) is 12.4. The first-order valence-electron chi connectivity index (χ1n) is 10.1. The predicted molar refractivity (Wildman–Crippen MR) is 114 cm³/mol. The zero-order valence-electron chi connectivity index (χ0n) is 16.7. The van der Waals surface area contributed by atoms with Gasteiger partial charge in [0.05, 0.1) is 4.90 Å². The maximum absolute atomic E-state index is 12.3. The number of hydrogen-bond donors (Lipinski definition) is 2. The lowest BCUT2D eigenvalue weighted by Gasteiger charge is -2.20. The van der Waals surface area contributed by atoms with Crippen molar-refractivity contribution in [2.45, 2.75) is 63.2 Å². The van der Waals surface area contributed by atoms with Crippen molar-refractivity contribution >= 4 is 32.4 Å². The van der Waals surface area contributed by atoms with Gasteiger partial charge in [-0.2, -0.15) is 0 Å². The van der Waals surface area contributed by atoms with Gasteiger partial charge in [0.25, 0.3) is 0 Å². The molecule has 1 amide bonds. The Morgan fingerprint density at radius 2 is 1.86 bits per heavy atom. The van der Waals surface area contributed by atoms with Crippen LogP contribution >= 0.6 is 11.3 Å². The van der Waals surface area contributed by atoms with E-state index in [4.69, 9.17) is 0 Å². The molecule has 1 aliphatic rings. The van der Waals surface area contributed by atoms with Crippen LogP contribution in [-0.2, 0) is 21.2 Å². The molecule has 1 heterocycles. The van der Waals surface area contributed by atoms with Gasteiger partial charge in [0.2, 0.25) is 21.1 Å². The summed E-state index contributed by atoms with van der Waals surface area (Å²) in [5.74, 6) is 0.638. The fraction of sp³-hybridized carbons (Fsp3) is 0.550. The van der Waals surface area contributed by atoms with E-state index in [1.54, 1.807) is 24.3 Å². The van der Waals surface area contributed by atoms with Gasteiger partial charge in [-0.1, -0.05) is 61.1 Å². The second kappa shape index (κ2) is 10.3. The number of nitrogens with one attached hydrogen (secondary N) is 2. The fourth-order valence-electron chi connectivity index (χ4n) is 3.49. The highest BCUT2D eigenvalue weighted by Crippen LogP contribution is 2.27. The molecule has 0 spiro atoms. The van der Waals surface area contributed by atoms with E-state index in [0.717, 1.165) is 12.0 Å². The van der Waals surface area contributed by atoms with Gasteiger partial charge in [0, 0.05) is 19.4 Å². The molecular weight excluding hydrogens is 408 g/mol. The van der Waals surface area contributed by atoms with Crippen molar-refractivity contribution in [3.05, 3.63) is 34.8 Å². The minimum Gasteiger partial charge on any atom is -0.301 e. The van der Waals surface area contributed by atoms with Crippen molar-refractivity contribution in [2.75, 3.05) is 11.9 Å². The van der Waals surface area contributed by atoms with Crippen molar-refractivity contribution in [2.24, 2.45) is 5.92 Å². The lowest BCUT2D eigenvalue weighted by atomic mass is 9.86. The number of nitrogens with zero attached hydrogens (tertiary/aromatic N) is 2. The predicted octanol–water partition coefficient (Wildman–Crippen LogP) is 3.67. The maximum Gasteiger partial charge on any atom is 0.240 e. The minimum absolute atomic E-state index is 0.0293. The number of carbonyl (C=O) groups is 1. The maximum atomic E-state index is 12.3. The number of amides is 1. The normalized spacial score (nSPS) is 15.3. The third kappa shape index (κ3) is 6.87. The third-order valence-corrected chi connectivity index (χ3v) is 7.56. The van der Waals surface area contributed by atoms with Gasteiger partial charge in [-0.25, -0.2) is 13.1 Å². The minimum atomic E-state index is -3.54. The summed E-state index contributed by atoms with van der Waals surface area (Å²) in [5.41, 5.74) is 1.01. The van der Waals surface area contributed by atoms with Gasteiger partial charge in [-0.3, -0.25) is 4.79 Å². The van der Waals surface area contributed by atoms with Crippen LogP contribution in [0.4, 0.5) is 5.13 Å². The molecule has 2 aromatic rings. The molecule has 2 N–H and O–H groups in total. The zero-order chi connectivity index (χ0) is 20.7. The number of sulfonamides is 1. The topological polar surface area (TPSA) is 101 Å². The molecule has 1 aliphatic carbocycles. The molecule has 29 heavy (non-hydrogen) atoms. The molecule has 0 aliphatic heterocycles. The van der Waals surface area contributed by atoms with Crippen LogP contribution in [0.25, 0.3) is 0 Å². The highest BCUT2D eigenvalue weighted by molar-refractivity contribution is 7.89. The lowest BCUT2D eigenvalue weighted by Crippen LogP contribution is -2.25. The quantitative estimate of drug-likeness (QED) is 0.625. The second-order valence-corrected chi connectivity index (χ2v) is 10.4. The smallest absolute Gasteiger partial charge is 0.240 e. The van der Waals surface area contributed by atoms with E-state index in [-0.39, 0.29) is 17.3 Å². The summed E-state index contributed by atoms with van der Waals surface area (Å²) in [5, 5.41) is 12.0. The zero-order valence-corrected chi connectivity index (χ0v) is 18.3. The lowest BCUT2D eigenvalue weighted by molar-refractivity contribution is -0.116. The highest BCUT2D eigenvalue weighted by Gasteiger charge is 2.16. The molecule has 0 bridgehead atoms. The van der Waals surface area contributed by atoms with E-state index in [1.165, 1.54) is 43.4 Å². The number of benzene rings is 1. The number of carbonyl (C=O) groups excluding carboxylic acids is 1. The van der Waals surface area contributed by atoms with Crippen molar-refractivity contribution < 1.29 is 13.2 Å². The van der Waals surface area contributed by atoms with E-state index in [9.17, 15) is 13.2 Å². The average molecular weight is 437 g/mol. The molecule has 9 heteroatoms. The number of aryl methyl sites for hydroxylation is 1. The molecule has 0 radical (unpaired) electrons. The molecule has 1 aromatic carbocycles. The van der Waals surface area contributed by atoms with Crippen molar-refractivity contribution in [3.63, 3.8) is 0 Å². The van der Waals surface area contributed by atoms with E-state index in [1.807, 2.05) is 6.92 Å². The van der Waals surface area contributed by atoms with Crippen LogP contribution in [0.5, 0.6) is 0 Å². The van der Waals surface area contributed by atoms with E-state index < -0.39 is 10.0 Å². The SMILES string of the molecule is Cc1ccc(S(=O)(=O)NCCc2nnc(NC(=O)CCC3CCCCC3)s2)cc1. The van der Waals surface area contributed by atoms with Crippen molar-refractivity contribution in [1.82, 2.24) is 14.9 Å². The Hall–Kier alpha value is -1.84. The Balaban J connectivity index is 1.41. The van der Waals surface area contributed by atoms with Crippen LogP contribution in [0.2, 0.25) is 0 Å². The van der Waals surface area contributed by atoms with Crippen LogP contribution in [-0.4, -0.2) is 31.1 Å². The van der Waals surface area contributed by atoms with Crippen molar-refractivity contribution in [3.8, 4) is 0 Å². The standard InChI is InChI=1S/C20H28N4O3S2/c1-15-7-10-17(11-8-15)29(26,27)21-14-13-19-23-24-20(28-19)22-18(25)12-9-16-5-3-2-4-6-16/h7-8,10-11,16,21H,2-6,9,12-14H2,1H3,(H,22,24,25). The van der Waals surface area contributed by atoms with Crippen molar-refractivity contribution in [1.29, 1.82) is 0 Å². The number of anilines is 1. The summed E-state index contributed by atoms with van der Waals surface area (Å²) in [6.07, 6.45) is 8.19. The molecule has 3 rings (SSSR count). The molecule has 7 nitrogen and oxygen atoms in total. The summed E-state index contributed by atoms with van der Waals surface area (Å²) in [4.78, 5) is 12.4. The fourth-order valence-corrected chi connectivity index (χ4v) is 5.28. The van der Waals surface area contributed by atoms with Crippen LogP contribution in [0.15, 0.2) is 29.2 Å². The van der Waals surface area contributed by atoms with Gasteiger partial charge in [0.1, 0.15) is 5.01 Å². The van der Waals surface area contributed by atoms with Gasteiger partial charge in [-0.05, 0) is 31.4 Å². The van der Waals surface area contributed by atoms with E-state index >= 15 is 0 Å². The number of hydrogen-bond acceptors (Lipinski definition) is 6. The summed E-state index contributed by atoms with van der Waals surface area (Å²) in [6.45, 7) is 2.13. The highest BCUT2D eigenvalue weighted by atomic mass is 32.2. The van der Waals surface area contributed by atoms with Gasteiger partial charge in [-0.15, -0.1) is 10.2 Å². The summed E-state index contributed by atoms with van der Waals surface area (Å²) in [6, 6.07) is 6.71. The monoisotopic (exact) mass is 436 g/mol. The van der Waals surface area contributed by atoms with E-state index in [2.05, 4.69) is 20.2 Å². The van der Waals surface area contributed by atoms with Crippen LogP contribution < -0.4 is 10.0 Å². The Morgan fingerprint density at radius 3 is 2.59 bits per heavy atom. The molecule has 1 fully saturated rings. The summed E-state index contributed by atoms with van der Waals surface area (Å²) < 4.78 is 27.1. The second-order valence-electron chi connectivity index (χ2n) is 7.55. The van der Waals surface area contributed by atoms with Crippen LogP contribution in [0.1, 0.15) is 55.5 Å². The number of rotatable bonds is 9. The van der Waals surface area contributed by atoms with Gasteiger partial charge < -0.3 is 5.32 Å². The Bertz CT molecular complexity index is 904.